The number of carbonyl (C=O) groups is 2. The van der Waals surface area contributed by atoms with E-state index in [4.69, 9.17) is 0 Å². The molecule has 1 aromatic carbocycles. The van der Waals surface area contributed by atoms with E-state index in [-0.39, 0.29) is 35.3 Å². The molecule has 0 radical (unpaired) electrons. The van der Waals surface area contributed by atoms with Gasteiger partial charge in [-0.15, -0.1) is 0 Å². The molecular weight excluding hydrogens is 321 g/mol. The topological polar surface area (TPSA) is 61.4 Å². The molecule has 25 heavy (non-hydrogen) atoms. The summed E-state index contributed by atoms with van der Waals surface area (Å²) in [6, 6.07) is 5.40. The molecule has 0 saturated carbocycles. The Morgan fingerprint density at radius 3 is 2.48 bits per heavy atom. The third-order valence-corrected chi connectivity index (χ3v) is 4.39. The van der Waals surface area contributed by atoms with E-state index in [2.05, 4.69) is 10.6 Å². The summed E-state index contributed by atoms with van der Waals surface area (Å²) >= 11 is 0. The third kappa shape index (κ3) is 5.73. The number of hydrogen-bond donors (Lipinski definition) is 2. The van der Waals surface area contributed by atoms with Gasteiger partial charge in [-0.1, -0.05) is 0 Å². The van der Waals surface area contributed by atoms with E-state index >= 15 is 0 Å². The van der Waals surface area contributed by atoms with Crippen LogP contribution in [0.25, 0.3) is 0 Å². The summed E-state index contributed by atoms with van der Waals surface area (Å²) in [5.74, 6) is -0.240. The molecule has 2 N–H and O–H groups in total. The lowest BCUT2D eigenvalue weighted by Crippen LogP contribution is -2.53. The summed E-state index contributed by atoms with van der Waals surface area (Å²) in [6.07, 6.45) is 1.86. The first-order chi connectivity index (χ1) is 11.7. The summed E-state index contributed by atoms with van der Waals surface area (Å²) in [5, 5.41) is 5.86. The van der Waals surface area contributed by atoms with Crippen LogP contribution in [-0.4, -0.2) is 41.5 Å². The van der Waals surface area contributed by atoms with Crippen molar-refractivity contribution in [3.63, 3.8) is 0 Å². The molecule has 1 aromatic rings. The first-order valence-corrected chi connectivity index (χ1v) is 8.79. The number of amides is 3. The Balaban J connectivity index is 1.94. The zero-order valence-electron chi connectivity index (χ0n) is 15.4. The van der Waals surface area contributed by atoms with Crippen molar-refractivity contribution in [2.45, 2.75) is 52.1 Å². The van der Waals surface area contributed by atoms with Gasteiger partial charge in [0.2, 0.25) is 0 Å². The molecule has 2 atom stereocenters. The van der Waals surface area contributed by atoms with E-state index in [0.717, 1.165) is 12.8 Å². The summed E-state index contributed by atoms with van der Waals surface area (Å²) < 4.78 is 13.0. The number of urea groups is 1. The Kier molecular flexibility index (Phi) is 6.03. The molecular formula is C19H28FN3O2. The van der Waals surface area contributed by atoms with Crippen molar-refractivity contribution in [1.82, 2.24) is 15.5 Å². The van der Waals surface area contributed by atoms with Crippen LogP contribution in [0, 0.1) is 11.7 Å². The summed E-state index contributed by atoms with van der Waals surface area (Å²) in [7, 11) is 0. The third-order valence-electron chi connectivity index (χ3n) is 4.39. The maximum atomic E-state index is 13.0. The molecule has 1 aliphatic heterocycles. The maximum Gasteiger partial charge on any atom is 0.315 e. The molecule has 1 fully saturated rings. The van der Waals surface area contributed by atoms with Crippen LogP contribution in [-0.2, 0) is 0 Å². The first kappa shape index (κ1) is 19.2. The second-order valence-electron chi connectivity index (χ2n) is 7.80. The largest absolute Gasteiger partial charge is 0.338 e. The van der Waals surface area contributed by atoms with Gasteiger partial charge in [0.1, 0.15) is 5.82 Å². The van der Waals surface area contributed by atoms with Gasteiger partial charge in [-0.05, 0) is 70.7 Å². The smallest absolute Gasteiger partial charge is 0.315 e. The summed E-state index contributed by atoms with van der Waals surface area (Å²) in [6.45, 7) is 9.04. The van der Waals surface area contributed by atoms with Gasteiger partial charge in [0.05, 0.1) is 0 Å². The van der Waals surface area contributed by atoms with E-state index in [9.17, 15) is 14.0 Å². The molecule has 0 bridgehead atoms. The molecule has 1 heterocycles. The number of halogens is 1. The summed E-state index contributed by atoms with van der Waals surface area (Å²) in [5.41, 5.74) is 0.203. The van der Waals surface area contributed by atoms with E-state index in [1.807, 2.05) is 27.7 Å². The number of benzene rings is 1. The van der Waals surface area contributed by atoms with E-state index < -0.39 is 0 Å². The van der Waals surface area contributed by atoms with Gasteiger partial charge in [0.15, 0.2) is 0 Å². The van der Waals surface area contributed by atoms with Crippen molar-refractivity contribution >= 4 is 11.9 Å². The van der Waals surface area contributed by atoms with Crippen LogP contribution in [0.3, 0.4) is 0 Å². The molecule has 5 nitrogen and oxygen atoms in total. The van der Waals surface area contributed by atoms with Gasteiger partial charge in [-0.3, -0.25) is 4.79 Å². The minimum atomic E-state index is -0.351. The Hall–Kier alpha value is -2.11. The number of carbonyl (C=O) groups excluding carboxylic acids is 2. The van der Waals surface area contributed by atoms with Gasteiger partial charge in [0, 0.05) is 30.2 Å². The monoisotopic (exact) mass is 349 g/mol. The molecule has 0 aliphatic carbocycles. The molecule has 6 heteroatoms. The van der Waals surface area contributed by atoms with Gasteiger partial charge >= 0.3 is 6.03 Å². The molecule has 1 saturated heterocycles. The lowest BCUT2D eigenvalue weighted by molar-refractivity contribution is 0.0654. The maximum absolute atomic E-state index is 13.0. The Labute approximate surface area is 149 Å². The fourth-order valence-electron chi connectivity index (χ4n) is 3.08. The Morgan fingerprint density at radius 2 is 1.88 bits per heavy atom. The second kappa shape index (κ2) is 7.85. The predicted molar refractivity (Wildman–Crippen MR) is 95.9 cm³/mol. The highest BCUT2D eigenvalue weighted by Gasteiger charge is 2.29. The van der Waals surface area contributed by atoms with Crippen LogP contribution >= 0.6 is 0 Å². The van der Waals surface area contributed by atoms with E-state index in [1.54, 1.807) is 4.90 Å². The molecule has 0 spiro atoms. The van der Waals surface area contributed by atoms with Crippen LogP contribution in [0.2, 0.25) is 0 Å². The molecule has 0 aromatic heterocycles. The molecule has 2 rings (SSSR count). The van der Waals surface area contributed by atoms with Crippen LogP contribution < -0.4 is 10.6 Å². The molecule has 138 valence electrons. The van der Waals surface area contributed by atoms with Crippen molar-refractivity contribution in [1.29, 1.82) is 0 Å². The van der Waals surface area contributed by atoms with Crippen molar-refractivity contribution in [3.05, 3.63) is 35.6 Å². The minimum Gasteiger partial charge on any atom is -0.338 e. The Morgan fingerprint density at radius 1 is 1.24 bits per heavy atom. The average molecular weight is 349 g/mol. The van der Waals surface area contributed by atoms with Crippen LogP contribution in [0.5, 0.6) is 0 Å². The van der Waals surface area contributed by atoms with Gasteiger partial charge < -0.3 is 15.5 Å². The number of nitrogens with one attached hydrogen (secondary N) is 2. The predicted octanol–water partition coefficient (Wildman–Crippen LogP) is 3.16. The normalized spacial score (nSPS) is 19.2. The van der Waals surface area contributed by atoms with E-state index in [0.29, 0.717) is 18.7 Å². The fraction of sp³-hybridized carbons (Fsp3) is 0.579. The van der Waals surface area contributed by atoms with Gasteiger partial charge in [-0.2, -0.15) is 0 Å². The second-order valence-corrected chi connectivity index (χ2v) is 7.80. The highest BCUT2D eigenvalue weighted by molar-refractivity contribution is 5.94. The van der Waals surface area contributed by atoms with Crippen LogP contribution in [0.1, 0.15) is 50.9 Å². The van der Waals surface area contributed by atoms with Crippen molar-refractivity contribution < 1.29 is 14.0 Å². The van der Waals surface area contributed by atoms with Gasteiger partial charge in [0.25, 0.3) is 5.91 Å². The first-order valence-electron chi connectivity index (χ1n) is 8.79. The van der Waals surface area contributed by atoms with Crippen LogP contribution in [0.4, 0.5) is 9.18 Å². The number of rotatable bonds is 3. The fourth-order valence-corrected chi connectivity index (χ4v) is 3.08. The quantitative estimate of drug-likeness (QED) is 0.880. The SMILES string of the molecule is CC(NC(=O)NC(C)(C)C)C1CCCN(C(=O)c2ccc(F)cc2)C1. The standard InChI is InChI=1S/C19H28FN3O2/c1-13(21-18(25)22-19(2,3)4)15-6-5-11-23(12-15)17(24)14-7-9-16(20)10-8-14/h7-10,13,15H,5-6,11-12H2,1-4H3,(H2,21,22,25). The lowest BCUT2D eigenvalue weighted by Gasteiger charge is -2.36. The van der Waals surface area contributed by atoms with Crippen LogP contribution in [0.15, 0.2) is 24.3 Å². The van der Waals surface area contributed by atoms with Gasteiger partial charge in [-0.25, -0.2) is 9.18 Å². The molecule has 2 unspecified atom stereocenters. The van der Waals surface area contributed by atoms with E-state index in [1.165, 1.54) is 24.3 Å². The van der Waals surface area contributed by atoms with Crippen molar-refractivity contribution in [2.75, 3.05) is 13.1 Å². The zero-order chi connectivity index (χ0) is 18.6. The minimum absolute atomic E-state index is 0.0360. The number of likely N-dealkylation sites (tertiary alicyclic amines) is 1. The number of hydrogen-bond acceptors (Lipinski definition) is 2. The van der Waals surface area contributed by atoms with Crippen molar-refractivity contribution in [2.24, 2.45) is 5.92 Å². The molecule has 3 amide bonds. The zero-order valence-corrected chi connectivity index (χ0v) is 15.4. The number of piperidine rings is 1. The Bertz CT molecular complexity index is 610. The summed E-state index contributed by atoms with van der Waals surface area (Å²) in [4.78, 5) is 26.4. The van der Waals surface area contributed by atoms with Crippen molar-refractivity contribution in [3.8, 4) is 0 Å². The highest BCUT2D eigenvalue weighted by Crippen LogP contribution is 2.21. The number of nitrogens with zero attached hydrogens (tertiary/aromatic N) is 1. The highest BCUT2D eigenvalue weighted by atomic mass is 19.1. The average Bonchev–Trinajstić information content (AvgIpc) is 2.53. The molecule has 1 aliphatic rings. The lowest BCUT2D eigenvalue weighted by atomic mass is 9.91.